The number of aryl methyl sites for hydroxylation is 18. The van der Waals surface area contributed by atoms with Crippen molar-refractivity contribution in [1.29, 1.82) is 0 Å². The normalized spacial score (nSPS) is 10.2. The molecule has 6 aromatic heterocycles. The fraction of sp³-hybridized carbons (Fsp3) is 0.167. The zero-order chi connectivity index (χ0) is 84.7. The molecule has 0 amide bonds. The van der Waals surface area contributed by atoms with Crippen LogP contribution in [0.1, 0.15) is 100 Å². The van der Waals surface area contributed by atoms with E-state index in [4.69, 9.17) is 0 Å². The zero-order valence-corrected chi connectivity index (χ0v) is 88.5. The molecule has 6 heterocycles. The van der Waals surface area contributed by atoms with Gasteiger partial charge in [-0.25, -0.2) is 0 Å². The van der Waals surface area contributed by atoms with Crippen LogP contribution in [0.5, 0.6) is 0 Å². The third-order valence-electron chi connectivity index (χ3n) is 20.9. The van der Waals surface area contributed by atoms with Crippen LogP contribution in [0, 0.1) is 161 Å². The third-order valence-corrected chi connectivity index (χ3v) is 20.9. The minimum atomic E-state index is 0. The Kier molecular flexibility index (Phi) is 39.3. The Morgan fingerprint density at radius 3 is 0.810 bits per heavy atom. The minimum absolute atomic E-state index is 0. The van der Waals surface area contributed by atoms with Gasteiger partial charge >= 0.3 is 0 Å². The Morgan fingerprint density at radius 1 is 0.222 bits per heavy atom. The first-order chi connectivity index (χ1) is 58.0. The summed E-state index contributed by atoms with van der Waals surface area (Å²) in [4.78, 5) is 27.2. The summed E-state index contributed by atoms with van der Waals surface area (Å²) < 4.78 is 13.0. The van der Waals surface area contributed by atoms with Crippen molar-refractivity contribution >= 4 is 0 Å². The molecule has 0 aliphatic rings. The van der Waals surface area contributed by atoms with Gasteiger partial charge in [0.2, 0.25) is 0 Å². The maximum Gasteiger partial charge on any atom is 0.0605 e. The van der Waals surface area contributed by atoms with Crippen LogP contribution in [0.25, 0.3) is 102 Å². The monoisotopic (exact) mass is 2720 g/mol. The second kappa shape index (κ2) is 48.1. The number of rotatable bonds is 12. The van der Waals surface area contributed by atoms with Crippen molar-refractivity contribution < 1.29 is 121 Å². The molecule has 654 valence electrons. The van der Waals surface area contributed by atoms with Crippen molar-refractivity contribution in [1.82, 2.24) is 57.3 Å². The van der Waals surface area contributed by atoms with Gasteiger partial charge in [0.05, 0.1) is 34.9 Å². The first kappa shape index (κ1) is 103. The fourth-order valence-corrected chi connectivity index (χ4v) is 16.1. The summed E-state index contributed by atoms with van der Waals surface area (Å²) in [6, 6.07) is 98.0. The molecule has 0 atom stereocenters. The topological polar surface area (TPSA) is 107 Å². The largest absolute Gasteiger partial charge is 0.340 e. The SMILES string of the molecule is Cc1[c-]c(-c2nccn2-c2c(C)cc(C)cc2C)cc(C)c1.Cc1cc(C)c(-n2c(C)cnc2-c2[c-]cccc2)c(C)c1.Cc1cc(C)c(-n2ccnc2-c2[c-]cccc2)c(C)c1.Cc1cccc(C)c1-n1c(C)cnc1-c1[c-]cccc1.Cc1cccc(C)c1-n1ccnc1-c1[c-]cccc1.Cc1ccccc1-n1ccnc1-c1[c-]cccc1.[Ir].[Ir].[Ir].[Ir].[Ir].[Ir]. The van der Waals surface area contributed by atoms with Gasteiger partial charge in [0, 0.05) is 228 Å². The van der Waals surface area contributed by atoms with Gasteiger partial charge in [-0.15, -0.1) is 214 Å². The molecule has 0 N–H and O–H groups in total. The molecule has 12 nitrogen and oxygen atoms in total. The number of benzene rings is 12. The molecule has 0 aliphatic carbocycles. The van der Waals surface area contributed by atoms with Crippen molar-refractivity contribution in [3.8, 4) is 102 Å². The van der Waals surface area contributed by atoms with E-state index in [1.807, 2.05) is 189 Å². The molecule has 0 bridgehead atoms. The van der Waals surface area contributed by atoms with Crippen LogP contribution < -0.4 is 0 Å². The number of imidazole rings is 6. The van der Waals surface area contributed by atoms with Gasteiger partial charge in [0.1, 0.15) is 0 Å². The van der Waals surface area contributed by atoms with Crippen LogP contribution in [-0.4, -0.2) is 57.3 Å². The molecule has 0 fully saturated rings. The summed E-state index contributed by atoms with van der Waals surface area (Å²) in [6.07, 6.45) is 19.2. The number of para-hydroxylation sites is 3. The minimum Gasteiger partial charge on any atom is -0.340 e. The Bertz CT molecular complexity index is 6390. The van der Waals surface area contributed by atoms with Crippen LogP contribution in [0.3, 0.4) is 0 Å². The molecule has 18 aromatic rings. The fourth-order valence-electron chi connectivity index (χ4n) is 16.1. The van der Waals surface area contributed by atoms with Gasteiger partial charge in [-0.2, -0.15) is 0 Å². The molecule has 12 aromatic carbocycles. The molecule has 6 radical (unpaired) electrons. The van der Waals surface area contributed by atoms with E-state index < -0.39 is 0 Å². The van der Waals surface area contributed by atoms with Gasteiger partial charge < -0.3 is 27.4 Å². The van der Waals surface area contributed by atoms with Crippen LogP contribution in [0.2, 0.25) is 0 Å². The maximum atomic E-state index is 4.60. The van der Waals surface area contributed by atoms with Gasteiger partial charge in [-0.3, -0.25) is 29.9 Å². The third kappa shape index (κ3) is 24.6. The first-order valence-corrected chi connectivity index (χ1v) is 40.5. The van der Waals surface area contributed by atoms with Gasteiger partial charge in [-0.1, -0.05) is 122 Å². The molecule has 0 aliphatic heterocycles. The Hall–Kier alpha value is -10.2. The van der Waals surface area contributed by atoms with Crippen molar-refractivity contribution in [2.24, 2.45) is 0 Å². The number of aromatic nitrogens is 12. The van der Waals surface area contributed by atoms with Crippen molar-refractivity contribution in [2.75, 3.05) is 0 Å². The Morgan fingerprint density at radius 2 is 0.484 bits per heavy atom. The predicted octanol–water partition coefficient (Wildman–Crippen LogP) is 25.6. The molecule has 0 spiro atoms. The second-order valence-corrected chi connectivity index (χ2v) is 30.7. The summed E-state index contributed by atoms with van der Waals surface area (Å²) in [7, 11) is 0. The molecule has 18 rings (SSSR count). The van der Waals surface area contributed by atoms with E-state index in [0.29, 0.717) is 0 Å². The van der Waals surface area contributed by atoms with Crippen LogP contribution in [-0.2, 0) is 121 Å². The molecule has 0 unspecified atom stereocenters. The molecular formula is C108H102Ir6N12-6. The smallest absolute Gasteiger partial charge is 0.0605 e. The number of nitrogens with zero attached hydrogens (tertiary/aromatic N) is 12. The van der Waals surface area contributed by atoms with Gasteiger partial charge in [0.15, 0.2) is 0 Å². The van der Waals surface area contributed by atoms with E-state index in [-0.39, 0.29) is 121 Å². The van der Waals surface area contributed by atoms with Gasteiger partial charge in [0.25, 0.3) is 0 Å². The molecular weight excluding hydrogens is 2620 g/mol. The van der Waals surface area contributed by atoms with E-state index in [1.165, 1.54) is 112 Å². The van der Waals surface area contributed by atoms with E-state index in [0.717, 1.165) is 91.0 Å². The van der Waals surface area contributed by atoms with Crippen LogP contribution in [0.4, 0.5) is 0 Å². The predicted molar refractivity (Wildman–Crippen MR) is 492 cm³/mol. The molecule has 18 heteroatoms. The van der Waals surface area contributed by atoms with Crippen LogP contribution >= 0.6 is 0 Å². The van der Waals surface area contributed by atoms with Crippen molar-refractivity contribution in [3.63, 3.8) is 0 Å². The van der Waals surface area contributed by atoms with Crippen LogP contribution in [0.15, 0.2) is 292 Å². The summed E-state index contributed by atoms with van der Waals surface area (Å²) in [5, 5.41) is 0. The quantitative estimate of drug-likeness (QED) is 0.113. The number of hydrogen-bond acceptors (Lipinski definition) is 6. The Labute approximate surface area is 826 Å². The van der Waals surface area contributed by atoms with E-state index >= 15 is 0 Å². The molecule has 126 heavy (non-hydrogen) atoms. The summed E-state index contributed by atoms with van der Waals surface area (Å²) >= 11 is 0. The maximum absolute atomic E-state index is 4.60. The average Bonchev–Trinajstić information content (AvgIpc) is 1.63. The first-order valence-electron chi connectivity index (χ1n) is 40.5. The van der Waals surface area contributed by atoms with E-state index in [2.05, 4.69) is 321 Å². The summed E-state index contributed by atoms with van der Waals surface area (Å²) in [6.45, 7) is 38.3. The van der Waals surface area contributed by atoms with E-state index in [9.17, 15) is 0 Å². The summed E-state index contributed by atoms with van der Waals surface area (Å²) in [5.41, 5.74) is 35.7. The zero-order valence-electron chi connectivity index (χ0n) is 74.1. The summed E-state index contributed by atoms with van der Waals surface area (Å²) in [5.74, 6) is 5.62. The van der Waals surface area contributed by atoms with Crippen molar-refractivity contribution in [3.05, 3.63) is 429 Å². The molecule has 0 saturated heterocycles. The standard InChI is InChI=1S/C20H21N2.C19H19N2.2C18H17N2.C17H15N2.C16H13N2.6Ir/c1-13-8-14(2)12-18(11-13)20-21-6-7-22(20)19-16(4)9-15(3)10-17(19)5;1-13-10-14(2)18(15(3)11-13)21-16(4)12-20-19(21)17-8-6-5-7-9-17;1-13-8-7-9-14(2)17(13)20-15(3)12-19-18(20)16-10-5-4-6-11-16;1-13-11-14(2)17(15(3)12-13)20-10-9-19-18(20)16-7-5-4-6-8-16;1-13-7-6-8-14(2)16(13)19-12-11-18-17(19)15-9-4-3-5-10-15;1-13-7-5-6-10-15(13)18-12-11-17-16(18)14-8-3-2-4-9-14;;;;;;/h6-11H,1-5H3;5-8,10-12H,1-4H3;4-10,12H,1-3H3;4-7,9-12H,1-3H3;3-9,11-12H,1-2H3;2-8,10-12H,1H3;;;;;;/q6*-1;;;;;;. The molecule has 0 saturated carbocycles. The second-order valence-electron chi connectivity index (χ2n) is 30.7. The average molecular weight is 2720 g/mol. The van der Waals surface area contributed by atoms with Crippen molar-refractivity contribution in [2.45, 2.75) is 125 Å². The number of hydrogen-bond donors (Lipinski definition) is 0. The Balaban J connectivity index is 0.000000206. The van der Waals surface area contributed by atoms with E-state index in [1.54, 1.807) is 0 Å². The van der Waals surface area contributed by atoms with Gasteiger partial charge in [-0.05, 0) is 178 Å².